The lowest BCUT2D eigenvalue weighted by Gasteiger charge is -2.37. The first-order chi connectivity index (χ1) is 12.5. The van der Waals surface area contributed by atoms with Gasteiger partial charge in [-0.2, -0.15) is 0 Å². The van der Waals surface area contributed by atoms with E-state index >= 15 is 0 Å². The highest BCUT2D eigenvalue weighted by atomic mass is 16.5. The zero-order valence-corrected chi connectivity index (χ0v) is 17.6. The van der Waals surface area contributed by atoms with Crippen molar-refractivity contribution in [1.82, 2.24) is 9.80 Å². The molecule has 1 amide bonds. The van der Waals surface area contributed by atoms with E-state index in [-0.39, 0.29) is 13.3 Å². The van der Waals surface area contributed by atoms with E-state index in [1.54, 1.807) is 0 Å². The molecule has 2 fully saturated rings. The van der Waals surface area contributed by atoms with Crippen molar-refractivity contribution >= 4 is 11.7 Å². The number of piperidine rings is 2. The second kappa shape index (κ2) is 12.4. The fraction of sp³-hybridized carbons (Fsp3) is 0.905. The molecule has 0 saturated carbocycles. The van der Waals surface area contributed by atoms with Crippen LogP contribution in [0.4, 0.5) is 0 Å². The molecule has 5 heteroatoms. The van der Waals surface area contributed by atoms with Crippen LogP contribution in [0.1, 0.15) is 68.1 Å². The van der Waals surface area contributed by atoms with Gasteiger partial charge in [-0.25, -0.2) is 0 Å². The van der Waals surface area contributed by atoms with Crippen LogP contribution in [0.3, 0.4) is 0 Å². The number of carbonyl (C=O) groups excluding carboxylic acids is 2. The number of ketones is 1. The van der Waals surface area contributed by atoms with Gasteiger partial charge < -0.3 is 9.64 Å². The van der Waals surface area contributed by atoms with Crippen LogP contribution in [0.2, 0.25) is 0 Å². The van der Waals surface area contributed by atoms with Gasteiger partial charge in [-0.3, -0.25) is 14.5 Å². The highest BCUT2D eigenvalue weighted by molar-refractivity contribution is 5.82. The second-order valence-electron chi connectivity index (χ2n) is 7.71. The predicted molar refractivity (Wildman–Crippen MR) is 108 cm³/mol. The molecule has 0 unspecified atom stereocenters. The third-order valence-corrected chi connectivity index (χ3v) is 5.27. The number of hydrogen-bond acceptors (Lipinski definition) is 4. The Morgan fingerprint density at radius 1 is 1.00 bits per heavy atom. The van der Waals surface area contributed by atoms with Gasteiger partial charge >= 0.3 is 0 Å². The van der Waals surface area contributed by atoms with E-state index in [4.69, 9.17) is 4.74 Å². The second-order valence-corrected chi connectivity index (χ2v) is 7.71. The number of hydrogen-bond donors (Lipinski definition) is 0. The Hall–Kier alpha value is -0.940. The Balaban J connectivity index is 0.00000218. The Morgan fingerprint density at radius 2 is 1.54 bits per heavy atom. The quantitative estimate of drug-likeness (QED) is 0.683. The van der Waals surface area contributed by atoms with E-state index in [9.17, 15) is 9.59 Å². The molecule has 0 atom stereocenters. The van der Waals surface area contributed by atoms with Crippen molar-refractivity contribution in [2.24, 2.45) is 17.8 Å². The summed E-state index contributed by atoms with van der Waals surface area (Å²) < 4.78 is 5.69. The lowest BCUT2D eigenvalue weighted by atomic mass is 9.89. The van der Waals surface area contributed by atoms with Crippen molar-refractivity contribution in [3.8, 4) is 0 Å². The molecule has 2 aliphatic rings. The lowest BCUT2D eigenvalue weighted by Crippen LogP contribution is -2.46. The summed E-state index contributed by atoms with van der Waals surface area (Å²) in [5.74, 6) is 1.56. The zero-order valence-electron chi connectivity index (χ0n) is 17.6. The summed E-state index contributed by atoms with van der Waals surface area (Å²) in [5, 5.41) is 0. The summed E-state index contributed by atoms with van der Waals surface area (Å²) in [7, 11) is 0. The minimum Gasteiger partial charge on any atom is -0.366 e. The molecule has 154 valence electrons. The maximum atomic E-state index is 12.7. The summed E-state index contributed by atoms with van der Waals surface area (Å²) in [6.45, 7) is 15.1. The van der Waals surface area contributed by atoms with Crippen LogP contribution in [0.15, 0.2) is 0 Å². The molecule has 0 aliphatic carbocycles. The van der Waals surface area contributed by atoms with Gasteiger partial charge in [-0.1, -0.05) is 34.6 Å². The zero-order chi connectivity index (χ0) is 19.5. The molecule has 2 heterocycles. The van der Waals surface area contributed by atoms with Crippen LogP contribution >= 0.6 is 0 Å². The molecule has 0 bridgehead atoms. The van der Waals surface area contributed by atoms with Gasteiger partial charge in [0, 0.05) is 45.9 Å². The molecule has 0 aromatic heterocycles. The molecule has 0 radical (unpaired) electrons. The molecule has 0 aromatic carbocycles. The van der Waals surface area contributed by atoms with Gasteiger partial charge in [0.2, 0.25) is 5.91 Å². The van der Waals surface area contributed by atoms with E-state index in [1.807, 2.05) is 25.7 Å². The Bertz CT molecular complexity index is 416. The molecule has 0 N–H and O–H groups in total. The summed E-state index contributed by atoms with van der Waals surface area (Å²) in [6, 6.07) is 0. The van der Waals surface area contributed by atoms with Crippen molar-refractivity contribution < 1.29 is 15.8 Å². The maximum absolute atomic E-state index is 12.7. The minimum absolute atomic E-state index is 0. The summed E-state index contributed by atoms with van der Waals surface area (Å²) >= 11 is 0. The highest BCUT2D eigenvalue weighted by Crippen LogP contribution is 2.24. The number of Topliss-reactive ketones (excluding diaryl/α,β-unsaturated/α-hetero) is 1. The van der Waals surface area contributed by atoms with Crippen LogP contribution in [-0.2, 0) is 14.3 Å². The van der Waals surface area contributed by atoms with E-state index in [0.29, 0.717) is 30.8 Å². The summed E-state index contributed by atoms with van der Waals surface area (Å²) in [5.41, 5.74) is 0. The number of likely N-dealkylation sites (tertiary alicyclic amines) is 2. The van der Waals surface area contributed by atoms with Gasteiger partial charge in [0.15, 0.2) is 0 Å². The first-order valence-corrected chi connectivity index (χ1v) is 10.6. The van der Waals surface area contributed by atoms with Gasteiger partial charge in [-0.15, -0.1) is 0 Å². The van der Waals surface area contributed by atoms with Crippen molar-refractivity contribution in [3.63, 3.8) is 0 Å². The van der Waals surface area contributed by atoms with Crippen LogP contribution in [0, 0.1) is 17.8 Å². The van der Waals surface area contributed by atoms with Crippen molar-refractivity contribution in [2.75, 3.05) is 39.5 Å². The van der Waals surface area contributed by atoms with Crippen molar-refractivity contribution in [1.29, 1.82) is 0 Å². The maximum Gasteiger partial charge on any atom is 0.225 e. The van der Waals surface area contributed by atoms with Crippen LogP contribution < -0.4 is 0 Å². The van der Waals surface area contributed by atoms with E-state index in [0.717, 1.165) is 58.5 Å². The fourth-order valence-electron chi connectivity index (χ4n) is 3.70. The molecule has 5 nitrogen and oxygen atoms in total. The molecule has 2 saturated heterocycles. The van der Waals surface area contributed by atoms with E-state index < -0.39 is 0 Å². The molecular formula is C21H42N2O3. The smallest absolute Gasteiger partial charge is 0.225 e. The number of amides is 1. The summed E-state index contributed by atoms with van der Waals surface area (Å²) in [6.07, 6.45) is 4.17. The van der Waals surface area contributed by atoms with Gasteiger partial charge in [0.25, 0.3) is 0 Å². The number of nitrogens with zero attached hydrogens (tertiary/aromatic N) is 2. The van der Waals surface area contributed by atoms with Crippen LogP contribution in [0.25, 0.3) is 0 Å². The predicted octanol–water partition coefficient (Wildman–Crippen LogP) is 3.82. The highest BCUT2D eigenvalue weighted by Gasteiger charge is 2.32. The van der Waals surface area contributed by atoms with E-state index in [1.165, 1.54) is 0 Å². The summed E-state index contributed by atoms with van der Waals surface area (Å²) in [4.78, 5) is 28.8. The normalized spacial score (nSPS) is 20.0. The monoisotopic (exact) mass is 370 g/mol. The lowest BCUT2D eigenvalue weighted by molar-refractivity contribution is -0.140. The first-order valence-electron chi connectivity index (χ1n) is 10.6. The molecular weight excluding hydrogens is 328 g/mol. The van der Waals surface area contributed by atoms with Gasteiger partial charge in [-0.05, 0) is 31.6 Å². The number of ether oxygens (including phenoxy) is 1. The molecule has 2 rings (SSSR count). The Kier molecular flexibility index (Phi) is 11.1. The average Bonchev–Trinajstić information content (AvgIpc) is 2.69. The SMILES string of the molecule is CC.CCC(=O)C1CCN(C(=O)C2CCN(COCC(C)C)CC2)CC1.[HH]. The van der Waals surface area contributed by atoms with Crippen LogP contribution in [-0.4, -0.2) is 61.0 Å². The third-order valence-electron chi connectivity index (χ3n) is 5.27. The number of rotatable bonds is 7. The molecule has 0 aromatic rings. The largest absolute Gasteiger partial charge is 0.366 e. The number of carbonyl (C=O) groups is 2. The molecule has 2 aliphatic heterocycles. The van der Waals surface area contributed by atoms with E-state index in [2.05, 4.69) is 18.7 Å². The first kappa shape index (κ1) is 23.1. The van der Waals surface area contributed by atoms with Crippen molar-refractivity contribution in [3.05, 3.63) is 0 Å². The standard InChI is InChI=1S/C19H34N2O3.C2H6.H2/c1-4-18(22)16-7-11-21(12-8-16)19(23)17-5-9-20(10-6-17)14-24-13-15(2)3;1-2;/h15-17H,4-14H2,1-3H3;1-2H3;1H. The van der Waals surface area contributed by atoms with Crippen molar-refractivity contribution in [2.45, 2.75) is 66.7 Å². The molecule has 0 spiro atoms. The average molecular weight is 371 g/mol. The van der Waals surface area contributed by atoms with Crippen LogP contribution in [0.5, 0.6) is 0 Å². The fourth-order valence-corrected chi connectivity index (χ4v) is 3.70. The minimum atomic E-state index is 0. The molecule has 26 heavy (non-hydrogen) atoms. The Labute approximate surface area is 161 Å². The topological polar surface area (TPSA) is 49.9 Å². The Morgan fingerprint density at radius 3 is 2.04 bits per heavy atom. The third kappa shape index (κ3) is 7.36. The van der Waals surface area contributed by atoms with Gasteiger partial charge in [0.1, 0.15) is 5.78 Å². The van der Waals surface area contributed by atoms with Gasteiger partial charge in [0.05, 0.1) is 13.3 Å².